The van der Waals surface area contributed by atoms with Crippen molar-refractivity contribution in [1.29, 1.82) is 0 Å². The predicted octanol–water partition coefficient (Wildman–Crippen LogP) is 2.29. The number of nitrogens with one attached hydrogen (secondary N) is 1. The van der Waals surface area contributed by atoms with Crippen molar-refractivity contribution >= 4 is 0 Å². The van der Waals surface area contributed by atoms with Crippen molar-refractivity contribution in [2.24, 2.45) is 0 Å². The average Bonchev–Trinajstić information content (AvgIpc) is 2.37. The number of phenols is 1. The molecule has 0 radical (unpaired) electrons. The third kappa shape index (κ3) is 3.04. The van der Waals surface area contributed by atoms with E-state index in [0.29, 0.717) is 5.75 Å². The Labute approximate surface area is 101 Å². The lowest BCUT2D eigenvalue weighted by Crippen LogP contribution is -2.19. The van der Waals surface area contributed by atoms with Crippen LogP contribution in [0.4, 0.5) is 0 Å². The van der Waals surface area contributed by atoms with E-state index in [9.17, 15) is 5.11 Å². The van der Waals surface area contributed by atoms with Crippen molar-refractivity contribution in [3.8, 4) is 5.75 Å². The minimum absolute atomic E-state index is 0.165. The highest BCUT2D eigenvalue weighted by atomic mass is 16.3. The molecule has 17 heavy (non-hydrogen) atoms. The van der Waals surface area contributed by atoms with Crippen LogP contribution in [0.5, 0.6) is 5.75 Å². The smallest absolute Gasteiger partial charge is 0.115 e. The fourth-order valence-corrected chi connectivity index (χ4v) is 1.86. The van der Waals surface area contributed by atoms with Crippen LogP contribution in [0.15, 0.2) is 48.7 Å². The molecule has 1 aromatic carbocycles. The van der Waals surface area contributed by atoms with Crippen LogP contribution in [0.2, 0.25) is 0 Å². The Morgan fingerprint density at radius 1 is 1.24 bits per heavy atom. The predicted molar refractivity (Wildman–Crippen MR) is 67.8 cm³/mol. The van der Waals surface area contributed by atoms with Gasteiger partial charge in [-0.15, -0.1) is 0 Å². The van der Waals surface area contributed by atoms with E-state index < -0.39 is 0 Å². The van der Waals surface area contributed by atoms with Gasteiger partial charge < -0.3 is 10.4 Å². The van der Waals surface area contributed by atoms with Crippen molar-refractivity contribution in [2.45, 2.75) is 12.5 Å². The van der Waals surface area contributed by atoms with E-state index in [1.165, 1.54) is 0 Å². The summed E-state index contributed by atoms with van der Waals surface area (Å²) in [4.78, 5) is 4.34. The quantitative estimate of drug-likeness (QED) is 0.844. The first-order valence-corrected chi connectivity index (χ1v) is 5.65. The van der Waals surface area contributed by atoms with Gasteiger partial charge in [0.15, 0.2) is 0 Å². The Morgan fingerprint density at radius 3 is 2.76 bits per heavy atom. The van der Waals surface area contributed by atoms with Gasteiger partial charge in [-0.1, -0.05) is 18.2 Å². The third-order valence-corrected chi connectivity index (χ3v) is 2.74. The lowest BCUT2D eigenvalue weighted by molar-refractivity contribution is 0.473. The zero-order valence-electron chi connectivity index (χ0n) is 9.80. The van der Waals surface area contributed by atoms with E-state index in [1.807, 2.05) is 37.4 Å². The van der Waals surface area contributed by atoms with Gasteiger partial charge in [0.05, 0.1) is 11.7 Å². The zero-order chi connectivity index (χ0) is 12.1. The second kappa shape index (κ2) is 5.46. The highest BCUT2D eigenvalue weighted by Gasteiger charge is 2.10. The van der Waals surface area contributed by atoms with E-state index in [2.05, 4.69) is 10.3 Å². The third-order valence-electron chi connectivity index (χ3n) is 2.74. The van der Waals surface area contributed by atoms with Gasteiger partial charge in [-0.05, 0) is 43.3 Å². The number of likely N-dealkylation sites (N-methyl/N-ethyl adjacent to an activating group) is 1. The molecule has 0 amide bonds. The second-order valence-electron chi connectivity index (χ2n) is 3.97. The first-order valence-electron chi connectivity index (χ1n) is 5.65. The number of pyridine rings is 1. The molecular formula is C14H16N2O. The van der Waals surface area contributed by atoms with Crippen LogP contribution < -0.4 is 5.32 Å². The molecule has 1 unspecified atom stereocenters. The molecule has 3 heteroatoms. The number of nitrogens with zero attached hydrogens (tertiary/aromatic N) is 1. The largest absolute Gasteiger partial charge is 0.508 e. The number of benzene rings is 1. The summed E-state index contributed by atoms with van der Waals surface area (Å²) >= 11 is 0. The lowest BCUT2D eigenvalue weighted by Gasteiger charge is -2.15. The molecule has 2 rings (SSSR count). The minimum atomic E-state index is 0.165. The molecule has 0 spiro atoms. The summed E-state index contributed by atoms with van der Waals surface area (Å²) < 4.78 is 0. The number of aromatic hydroxyl groups is 1. The maximum Gasteiger partial charge on any atom is 0.115 e. The number of rotatable bonds is 4. The molecule has 0 aliphatic rings. The summed E-state index contributed by atoms with van der Waals surface area (Å²) in [5, 5.41) is 12.7. The molecule has 88 valence electrons. The van der Waals surface area contributed by atoms with Crippen LogP contribution in [-0.2, 0) is 6.42 Å². The maximum absolute atomic E-state index is 9.43. The molecule has 2 N–H and O–H groups in total. The van der Waals surface area contributed by atoms with Crippen molar-refractivity contribution in [3.63, 3.8) is 0 Å². The van der Waals surface area contributed by atoms with Gasteiger partial charge in [-0.3, -0.25) is 4.98 Å². The summed E-state index contributed by atoms with van der Waals surface area (Å²) in [7, 11) is 1.92. The van der Waals surface area contributed by atoms with Crippen LogP contribution in [0, 0.1) is 0 Å². The van der Waals surface area contributed by atoms with Crippen LogP contribution in [0.3, 0.4) is 0 Å². The Hall–Kier alpha value is -1.87. The zero-order valence-corrected chi connectivity index (χ0v) is 9.80. The summed E-state index contributed by atoms with van der Waals surface area (Å²) in [5.41, 5.74) is 2.10. The van der Waals surface area contributed by atoms with Gasteiger partial charge in [0, 0.05) is 6.20 Å². The molecule has 0 saturated heterocycles. The SMILES string of the molecule is CNC(Cc1cccc(O)c1)c1ccccn1. The van der Waals surface area contributed by atoms with Crippen molar-refractivity contribution in [3.05, 3.63) is 59.9 Å². The monoisotopic (exact) mass is 228 g/mol. The molecule has 0 saturated carbocycles. The summed E-state index contributed by atoms with van der Waals surface area (Å²) in [6, 6.07) is 13.4. The van der Waals surface area contributed by atoms with E-state index in [1.54, 1.807) is 18.3 Å². The standard InChI is InChI=1S/C14H16N2O/c1-15-14(13-7-2-3-8-16-13)10-11-5-4-6-12(17)9-11/h2-9,14-15,17H,10H2,1H3. The minimum Gasteiger partial charge on any atom is -0.508 e. The van der Waals surface area contributed by atoms with Crippen LogP contribution >= 0.6 is 0 Å². The molecule has 0 fully saturated rings. The van der Waals surface area contributed by atoms with Crippen molar-refractivity contribution < 1.29 is 5.11 Å². The van der Waals surface area contributed by atoms with E-state index in [-0.39, 0.29) is 6.04 Å². The number of hydrogen-bond donors (Lipinski definition) is 2. The van der Waals surface area contributed by atoms with Crippen molar-refractivity contribution in [2.75, 3.05) is 7.05 Å². The lowest BCUT2D eigenvalue weighted by atomic mass is 10.0. The van der Waals surface area contributed by atoms with Gasteiger partial charge in [0.1, 0.15) is 5.75 Å². The Balaban J connectivity index is 2.16. The Bertz CT molecular complexity index is 471. The molecule has 0 aliphatic carbocycles. The number of aromatic nitrogens is 1. The van der Waals surface area contributed by atoms with Gasteiger partial charge >= 0.3 is 0 Å². The molecule has 0 bridgehead atoms. The fourth-order valence-electron chi connectivity index (χ4n) is 1.86. The van der Waals surface area contributed by atoms with Crippen LogP contribution in [-0.4, -0.2) is 17.1 Å². The first-order chi connectivity index (χ1) is 8.29. The summed E-state index contributed by atoms with van der Waals surface area (Å²) in [6.07, 6.45) is 2.60. The molecular weight excluding hydrogens is 212 g/mol. The Kier molecular flexibility index (Phi) is 3.73. The van der Waals surface area contributed by atoms with E-state index >= 15 is 0 Å². The normalized spacial score (nSPS) is 12.3. The maximum atomic E-state index is 9.43. The van der Waals surface area contributed by atoms with Gasteiger partial charge in [0.2, 0.25) is 0 Å². The highest BCUT2D eigenvalue weighted by Crippen LogP contribution is 2.18. The van der Waals surface area contributed by atoms with Crippen LogP contribution in [0.25, 0.3) is 0 Å². The fraction of sp³-hybridized carbons (Fsp3) is 0.214. The summed E-state index contributed by atoms with van der Waals surface area (Å²) in [5.74, 6) is 0.304. The van der Waals surface area contributed by atoms with Crippen molar-refractivity contribution in [1.82, 2.24) is 10.3 Å². The van der Waals surface area contributed by atoms with Gasteiger partial charge in [-0.25, -0.2) is 0 Å². The average molecular weight is 228 g/mol. The molecule has 2 aromatic rings. The topological polar surface area (TPSA) is 45.1 Å². The Morgan fingerprint density at radius 2 is 2.12 bits per heavy atom. The van der Waals surface area contributed by atoms with Gasteiger partial charge in [-0.2, -0.15) is 0 Å². The molecule has 1 aromatic heterocycles. The number of hydrogen-bond acceptors (Lipinski definition) is 3. The molecule has 0 aliphatic heterocycles. The highest BCUT2D eigenvalue weighted by molar-refractivity contribution is 5.28. The van der Waals surface area contributed by atoms with Gasteiger partial charge in [0.25, 0.3) is 0 Å². The van der Waals surface area contributed by atoms with E-state index in [0.717, 1.165) is 17.7 Å². The summed E-state index contributed by atoms with van der Waals surface area (Å²) in [6.45, 7) is 0. The molecule has 1 atom stereocenters. The molecule has 1 heterocycles. The van der Waals surface area contributed by atoms with E-state index in [4.69, 9.17) is 0 Å². The number of phenolic OH excluding ortho intramolecular Hbond substituents is 1. The first kappa shape index (κ1) is 11.6. The van der Waals surface area contributed by atoms with Crippen LogP contribution in [0.1, 0.15) is 17.3 Å². The molecule has 3 nitrogen and oxygen atoms in total. The second-order valence-corrected chi connectivity index (χ2v) is 3.97.